The van der Waals surface area contributed by atoms with Crippen LogP contribution < -0.4 is 5.32 Å². The normalized spacial score (nSPS) is 26.0. The Kier molecular flexibility index (Phi) is 8.17. The van der Waals surface area contributed by atoms with Crippen LogP contribution in [0.2, 0.25) is 0 Å². The second-order valence-corrected chi connectivity index (χ2v) is 7.99. The van der Waals surface area contributed by atoms with Crippen molar-refractivity contribution < 1.29 is 0 Å². The first kappa shape index (κ1) is 21.6. The Bertz CT molecular complexity index is 654. The lowest BCUT2D eigenvalue weighted by atomic mass is 10.2. The van der Waals surface area contributed by atoms with Gasteiger partial charge in [-0.1, -0.05) is 42.5 Å². The lowest BCUT2D eigenvalue weighted by Crippen LogP contribution is -2.47. The molecule has 1 N–H and O–H groups in total. The Morgan fingerprint density at radius 1 is 1.11 bits per heavy atom. The van der Waals surface area contributed by atoms with Gasteiger partial charge in [-0.05, 0) is 31.4 Å². The van der Waals surface area contributed by atoms with Crippen molar-refractivity contribution in [3.63, 3.8) is 0 Å². The van der Waals surface area contributed by atoms with Gasteiger partial charge in [0.25, 0.3) is 0 Å². The highest BCUT2D eigenvalue weighted by Crippen LogP contribution is 2.21. The predicted molar refractivity (Wildman–Crippen MR) is 127 cm³/mol. The topological polar surface area (TPSA) is 34.1 Å². The van der Waals surface area contributed by atoms with E-state index in [1.807, 2.05) is 7.05 Å². The lowest BCUT2D eigenvalue weighted by molar-refractivity contribution is 0.242. The van der Waals surface area contributed by atoms with Crippen molar-refractivity contribution in [3.8, 4) is 0 Å². The van der Waals surface area contributed by atoms with Gasteiger partial charge in [-0.15, -0.1) is 24.0 Å². The number of rotatable bonds is 5. The number of nitrogens with zero attached hydrogens (tertiary/aromatic N) is 4. The number of aliphatic imine (C=N–C) groups is 1. The molecule has 2 saturated heterocycles. The Morgan fingerprint density at radius 3 is 2.64 bits per heavy atom. The van der Waals surface area contributed by atoms with Gasteiger partial charge >= 0.3 is 0 Å². The first-order valence-electron chi connectivity index (χ1n) is 10.5. The summed E-state index contributed by atoms with van der Waals surface area (Å²) in [5.41, 5.74) is 1.41. The molecular weight excluding hydrogens is 461 g/mol. The van der Waals surface area contributed by atoms with Crippen molar-refractivity contribution >= 4 is 29.9 Å². The van der Waals surface area contributed by atoms with E-state index in [0.29, 0.717) is 12.1 Å². The van der Waals surface area contributed by atoms with E-state index in [2.05, 4.69) is 67.5 Å². The van der Waals surface area contributed by atoms with Gasteiger partial charge in [-0.25, -0.2) is 0 Å². The molecule has 3 heterocycles. The summed E-state index contributed by atoms with van der Waals surface area (Å²) in [5, 5.41) is 3.68. The van der Waals surface area contributed by atoms with E-state index in [9.17, 15) is 0 Å². The fourth-order valence-corrected chi connectivity index (χ4v) is 4.72. The molecular formula is C22H34IN5. The summed E-state index contributed by atoms with van der Waals surface area (Å²) in [5.74, 6) is 1.08. The number of hydrogen-bond acceptors (Lipinski definition) is 3. The molecule has 0 aromatic heterocycles. The third-order valence-corrected chi connectivity index (χ3v) is 6.26. The van der Waals surface area contributed by atoms with Crippen LogP contribution in [0.15, 0.2) is 47.5 Å². The minimum Gasteiger partial charge on any atom is -0.355 e. The summed E-state index contributed by atoms with van der Waals surface area (Å²) in [6, 6.07) is 12.1. The summed E-state index contributed by atoms with van der Waals surface area (Å²) in [7, 11) is 1.92. The van der Waals surface area contributed by atoms with Crippen LogP contribution in [0, 0.1) is 0 Å². The maximum Gasteiger partial charge on any atom is 0.193 e. The zero-order valence-corrected chi connectivity index (χ0v) is 19.3. The van der Waals surface area contributed by atoms with Gasteiger partial charge in [0, 0.05) is 58.4 Å². The molecule has 6 heteroatoms. The van der Waals surface area contributed by atoms with E-state index in [0.717, 1.165) is 45.2 Å². The van der Waals surface area contributed by atoms with Gasteiger partial charge < -0.3 is 10.2 Å². The Hall–Kier alpha value is -1.12. The monoisotopic (exact) mass is 495 g/mol. The second kappa shape index (κ2) is 10.6. The maximum absolute atomic E-state index is 4.58. The lowest BCUT2D eigenvalue weighted by Gasteiger charge is -2.28. The number of halogens is 1. The molecule has 5 nitrogen and oxygen atoms in total. The molecule has 2 unspecified atom stereocenters. The molecule has 2 fully saturated rings. The van der Waals surface area contributed by atoms with Crippen LogP contribution in [-0.4, -0.2) is 79.1 Å². The van der Waals surface area contributed by atoms with Crippen LogP contribution in [0.1, 0.15) is 24.8 Å². The maximum atomic E-state index is 4.58. The standard InChI is InChI=1S/C22H33N5.HI/c1-23-22(27-15-11-21(18-27)25-12-5-6-13-25)24-16-20-10-7-14-26(20)17-19-8-3-2-4-9-19;/h2-6,8-9,20-21H,7,10-18H2,1H3,(H,23,24);1H. The average Bonchev–Trinajstić information content (AvgIpc) is 3.45. The van der Waals surface area contributed by atoms with Crippen molar-refractivity contribution in [1.82, 2.24) is 20.0 Å². The Morgan fingerprint density at radius 2 is 1.89 bits per heavy atom. The smallest absolute Gasteiger partial charge is 0.193 e. The number of benzene rings is 1. The highest BCUT2D eigenvalue weighted by molar-refractivity contribution is 14.0. The van der Waals surface area contributed by atoms with Gasteiger partial charge in [0.1, 0.15) is 0 Å². The van der Waals surface area contributed by atoms with Crippen LogP contribution in [-0.2, 0) is 6.54 Å². The predicted octanol–water partition coefficient (Wildman–Crippen LogP) is 2.79. The van der Waals surface area contributed by atoms with E-state index in [4.69, 9.17) is 0 Å². The molecule has 3 aliphatic rings. The zero-order chi connectivity index (χ0) is 18.5. The summed E-state index contributed by atoms with van der Waals surface area (Å²) < 4.78 is 0. The second-order valence-electron chi connectivity index (χ2n) is 7.99. The van der Waals surface area contributed by atoms with Crippen LogP contribution in [0.25, 0.3) is 0 Å². The molecule has 4 rings (SSSR count). The van der Waals surface area contributed by atoms with Crippen LogP contribution in [0.4, 0.5) is 0 Å². The molecule has 3 aliphatic heterocycles. The van der Waals surface area contributed by atoms with E-state index < -0.39 is 0 Å². The van der Waals surface area contributed by atoms with Gasteiger partial charge in [0.2, 0.25) is 0 Å². The zero-order valence-electron chi connectivity index (χ0n) is 17.0. The van der Waals surface area contributed by atoms with Gasteiger partial charge in [0.15, 0.2) is 5.96 Å². The number of guanidine groups is 1. The Balaban J connectivity index is 0.00000225. The molecule has 0 aliphatic carbocycles. The van der Waals surface area contributed by atoms with Gasteiger partial charge in [-0.2, -0.15) is 0 Å². The summed E-state index contributed by atoms with van der Waals surface area (Å²) in [4.78, 5) is 12.2. The number of likely N-dealkylation sites (tertiary alicyclic amines) is 2. The van der Waals surface area contributed by atoms with Crippen molar-refractivity contribution in [2.75, 3.05) is 46.3 Å². The third kappa shape index (κ3) is 5.27. The molecule has 1 aromatic carbocycles. The van der Waals surface area contributed by atoms with Gasteiger partial charge in [-0.3, -0.25) is 14.8 Å². The van der Waals surface area contributed by atoms with E-state index in [1.165, 1.54) is 31.4 Å². The molecule has 0 radical (unpaired) electrons. The minimum atomic E-state index is 0. The van der Waals surface area contributed by atoms with Crippen LogP contribution in [0.5, 0.6) is 0 Å². The molecule has 0 spiro atoms. The summed E-state index contributed by atoms with van der Waals surface area (Å²) >= 11 is 0. The quantitative estimate of drug-likeness (QED) is 0.295. The SMILES string of the molecule is CN=C(NCC1CCCN1Cc1ccccc1)N1CCC(N2CC=CC2)C1.I. The molecule has 0 amide bonds. The molecule has 28 heavy (non-hydrogen) atoms. The fraction of sp³-hybridized carbons (Fsp3) is 0.591. The van der Waals surface area contributed by atoms with Gasteiger partial charge in [0.05, 0.1) is 0 Å². The van der Waals surface area contributed by atoms with Crippen LogP contribution >= 0.6 is 24.0 Å². The number of hydrogen-bond donors (Lipinski definition) is 1. The van der Waals surface area contributed by atoms with E-state index in [-0.39, 0.29) is 24.0 Å². The molecule has 0 bridgehead atoms. The van der Waals surface area contributed by atoms with Crippen molar-refractivity contribution in [1.29, 1.82) is 0 Å². The summed E-state index contributed by atoms with van der Waals surface area (Å²) in [6.45, 7) is 7.68. The van der Waals surface area contributed by atoms with Crippen LogP contribution in [0.3, 0.4) is 0 Å². The molecule has 154 valence electrons. The number of nitrogens with one attached hydrogen (secondary N) is 1. The Labute approximate surface area is 186 Å². The highest BCUT2D eigenvalue weighted by atomic mass is 127. The summed E-state index contributed by atoms with van der Waals surface area (Å²) in [6.07, 6.45) is 8.39. The fourth-order valence-electron chi connectivity index (χ4n) is 4.72. The first-order chi connectivity index (χ1) is 13.3. The molecule has 1 aromatic rings. The highest BCUT2D eigenvalue weighted by Gasteiger charge is 2.30. The third-order valence-electron chi connectivity index (χ3n) is 6.26. The van der Waals surface area contributed by atoms with E-state index >= 15 is 0 Å². The van der Waals surface area contributed by atoms with Crippen molar-refractivity contribution in [3.05, 3.63) is 48.0 Å². The first-order valence-corrected chi connectivity index (χ1v) is 10.5. The van der Waals surface area contributed by atoms with E-state index in [1.54, 1.807) is 0 Å². The largest absolute Gasteiger partial charge is 0.355 e. The molecule has 2 atom stereocenters. The average molecular weight is 495 g/mol. The molecule has 0 saturated carbocycles. The van der Waals surface area contributed by atoms with Crippen molar-refractivity contribution in [2.45, 2.75) is 37.9 Å². The minimum absolute atomic E-state index is 0. The van der Waals surface area contributed by atoms with Crippen molar-refractivity contribution in [2.24, 2.45) is 4.99 Å².